The smallest absolute Gasteiger partial charge is 0.240 e. The van der Waals surface area contributed by atoms with Gasteiger partial charge in [0.05, 0.1) is 11.4 Å². The Morgan fingerprint density at radius 3 is 2.50 bits per heavy atom. The number of rotatable bonds is 6. The van der Waals surface area contributed by atoms with Crippen molar-refractivity contribution in [3.8, 4) is 0 Å². The molecule has 0 fully saturated rings. The molecule has 0 amide bonds. The normalized spacial score (nSPS) is 11.8. The van der Waals surface area contributed by atoms with Gasteiger partial charge in [0.1, 0.15) is 5.82 Å². The van der Waals surface area contributed by atoms with Gasteiger partial charge in [-0.3, -0.25) is 0 Å². The Labute approximate surface area is 163 Å². The van der Waals surface area contributed by atoms with Gasteiger partial charge in [0.25, 0.3) is 0 Å². The quantitative estimate of drug-likeness (QED) is 0.530. The fraction of sp³-hybridized carbons (Fsp3) is 0.0909. The summed E-state index contributed by atoms with van der Waals surface area (Å²) in [7, 11) is -3.65. The largest absolute Gasteiger partial charge is 0.346 e. The predicted molar refractivity (Wildman–Crippen MR) is 108 cm³/mol. The molecule has 0 saturated carbocycles. The highest BCUT2D eigenvalue weighted by atomic mass is 32.2. The molecule has 142 valence electrons. The second-order valence-corrected chi connectivity index (χ2v) is 8.36. The summed E-state index contributed by atoms with van der Waals surface area (Å²) in [5, 5.41) is 1.87. The molecule has 4 rings (SSSR count). The van der Waals surface area contributed by atoms with E-state index in [1.807, 2.05) is 53.2 Å². The molecule has 28 heavy (non-hydrogen) atoms. The summed E-state index contributed by atoms with van der Waals surface area (Å²) in [6, 6.07) is 22.8. The Hall–Kier alpha value is -2.96. The van der Waals surface area contributed by atoms with Crippen molar-refractivity contribution in [3.05, 3.63) is 102 Å². The van der Waals surface area contributed by atoms with Crippen LogP contribution < -0.4 is 4.72 Å². The summed E-state index contributed by atoms with van der Waals surface area (Å²) in [4.78, 5) is 0.231. The molecule has 0 unspecified atom stereocenters. The molecule has 0 bridgehead atoms. The number of hydrogen-bond donors (Lipinski definition) is 1. The highest BCUT2D eigenvalue weighted by Crippen LogP contribution is 2.19. The van der Waals surface area contributed by atoms with Crippen LogP contribution >= 0.6 is 0 Å². The van der Waals surface area contributed by atoms with Crippen molar-refractivity contribution in [2.24, 2.45) is 0 Å². The molecule has 4 nitrogen and oxygen atoms in total. The summed E-state index contributed by atoms with van der Waals surface area (Å²) in [5.41, 5.74) is 1.61. The molecule has 0 saturated heterocycles. The Kier molecular flexibility index (Phi) is 4.98. The summed E-state index contributed by atoms with van der Waals surface area (Å²) < 4.78 is 43.4. The van der Waals surface area contributed by atoms with Gasteiger partial charge in [-0.15, -0.1) is 0 Å². The van der Waals surface area contributed by atoms with Gasteiger partial charge in [0.2, 0.25) is 10.0 Å². The van der Waals surface area contributed by atoms with Crippen molar-refractivity contribution in [2.45, 2.75) is 18.0 Å². The lowest BCUT2D eigenvalue weighted by atomic mass is 10.1. The first-order valence-corrected chi connectivity index (χ1v) is 10.4. The fourth-order valence-corrected chi connectivity index (χ4v) is 4.22. The summed E-state index contributed by atoms with van der Waals surface area (Å²) >= 11 is 0. The Bertz CT molecular complexity index is 1230. The maximum Gasteiger partial charge on any atom is 0.240 e. The van der Waals surface area contributed by atoms with Crippen LogP contribution in [0.15, 0.2) is 90.0 Å². The predicted octanol–water partition coefficient (Wildman–Crippen LogP) is 4.31. The first kappa shape index (κ1) is 18.4. The molecule has 0 radical (unpaired) electrons. The number of halogens is 1. The average Bonchev–Trinajstić information content (AvgIpc) is 3.13. The molecule has 3 aromatic carbocycles. The van der Waals surface area contributed by atoms with E-state index in [0.29, 0.717) is 6.54 Å². The Balaban J connectivity index is 1.51. The number of nitrogens with one attached hydrogen (secondary N) is 1. The van der Waals surface area contributed by atoms with E-state index < -0.39 is 10.0 Å². The standard InChI is InChI=1S/C22H19FN2O2S/c23-20-8-3-5-17(13-20)16-25-12-4-9-21(25)15-24-28(26,27)22-11-10-18-6-1-2-7-19(18)14-22/h1-14,24H,15-16H2. The number of fused-ring (bicyclic) bond motifs is 1. The molecule has 6 heteroatoms. The first-order valence-electron chi connectivity index (χ1n) is 8.88. The lowest BCUT2D eigenvalue weighted by Gasteiger charge is -2.12. The zero-order chi connectivity index (χ0) is 19.6. The van der Waals surface area contributed by atoms with Crippen LogP contribution in [0.1, 0.15) is 11.3 Å². The fourth-order valence-electron chi connectivity index (χ4n) is 3.18. The molecule has 1 N–H and O–H groups in total. The highest BCUT2D eigenvalue weighted by molar-refractivity contribution is 7.89. The third-order valence-electron chi connectivity index (χ3n) is 4.64. The third kappa shape index (κ3) is 3.98. The molecule has 0 atom stereocenters. The van der Waals surface area contributed by atoms with Gasteiger partial charge >= 0.3 is 0 Å². The van der Waals surface area contributed by atoms with Crippen LogP contribution in [0.2, 0.25) is 0 Å². The number of aromatic nitrogens is 1. The zero-order valence-corrected chi connectivity index (χ0v) is 15.9. The Morgan fingerprint density at radius 1 is 0.857 bits per heavy atom. The number of sulfonamides is 1. The van der Waals surface area contributed by atoms with E-state index in [1.165, 1.54) is 12.1 Å². The van der Waals surface area contributed by atoms with E-state index in [9.17, 15) is 12.8 Å². The van der Waals surface area contributed by atoms with Crippen LogP contribution in [0, 0.1) is 5.82 Å². The van der Waals surface area contributed by atoms with Crippen molar-refractivity contribution in [1.29, 1.82) is 0 Å². The van der Waals surface area contributed by atoms with Crippen LogP contribution in [0.25, 0.3) is 10.8 Å². The molecule has 4 aromatic rings. The molecule has 0 spiro atoms. The van der Waals surface area contributed by atoms with Crippen LogP contribution in [0.5, 0.6) is 0 Å². The maximum atomic E-state index is 13.4. The summed E-state index contributed by atoms with van der Waals surface area (Å²) in [6.45, 7) is 0.620. The summed E-state index contributed by atoms with van der Waals surface area (Å²) in [5.74, 6) is -0.289. The second kappa shape index (κ2) is 7.58. The van der Waals surface area contributed by atoms with E-state index >= 15 is 0 Å². The average molecular weight is 394 g/mol. The van der Waals surface area contributed by atoms with Gasteiger partial charge in [-0.1, -0.05) is 42.5 Å². The lowest BCUT2D eigenvalue weighted by Crippen LogP contribution is -2.24. The summed E-state index contributed by atoms with van der Waals surface area (Å²) in [6.07, 6.45) is 1.85. The number of nitrogens with zero attached hydrogens (tertiary/aromatic N) is 1. The minimum absolute atomic E-state index is 0.150. The van der Waals surface area contributed by atoms with E-state index in [2.05, 4.69) is 4.72 Å². The highest BCUT2D eigenvalue weighted by Gasteiger charge is 2.15. The molecule has 0 aliphatic carbocycles. The van der Waals surface area contributed by atoms with Crippen molar-refractivity contribution in [3.63, 3.8) is 0 Å². The van der Waals surface area contributed by atoms with Gasteiger partial charge in [-0.05, 0) is 52.7 Å². The lowest BCUT2D eigenvalue weighted by molar-refractivity contribution is 0.578. The minimum Gasteiger partial charge on any atom is -0.346 e. The number of hydrogen-bond acceptors (Lipinski definition) is 2. The molecule has 1 aromatic heterocycles. The van der Waals surface area contributed by atoms with Gasteiger partial charge in [-0.2, -0.15) is 0 Å². The maximum absolute atomic E-state index is 13.4. The molecule has 0 aliphatic heterocycles. The van der Waals surface area contributed by atoms with E-state index in [0.717, 1.165) is 22.0 Å². The molecular weight excluding hydrogens is 375 g/mol. The van der Waals surface area contributed by atoms with E-state index in [4.69, 9.17) is 0 Å². The van der Waals surface area contributed by atoms with E-state index in [-0.39, 0.29) is 17.3 Å². The molecule has 0 aliphatic rings. The van der Waals surface area contributed by atoms with Gasteiger partial charge < -0.3 is 4.57 Å². The van der Waals surface area contributed by atoms with Crippen LogP contribution in [0.4, 0.5) is 4.39 Å². The van der Waals surface area contributed by atoms with Gasteiger partial charge in [0, 0.05) is 18.4 Å². The SMILES string of the molecule is O=S(=O)(NCc1cccn1Cc1cccc(F)c1)c1ccc2ccccc2c1. The van der Waals surface area contributed by atoms with Crippen molar-refractivity contribution in [2.75, 3.05) is 0 Å². The first-order chi connectivity index (χ1) is 13.5. The topological polar surface area (TPSA) is 51.1 Å². The van der Waals surface area contributed by atoms with Crippen molar-refractivity contribution >= 4 is 20.8 Å². The van der Waals surface area contributed by atoms with E-state index in [1.54, 1.807) is 24.3 Å². The van der Waals surface area contributed by atoms with Gasteiger partial charge in [0.15, 0.2) is 0 Å². The zero-order valence-electron chi connectivity index (χ0n) is 15.0. The molecular formula is C22H19FN2O2S. The second-order valence-electron chi connectivity index (χ2n) is 6.59. The Morgan fingerprint density at radius 2 is 1.68 bits per heavy atom. The third-order valence-corrected chi connectivity index (χ3v) is 6.04. The monoisotopic (exact) mass is 394 g/mol. The van der Waals surface area contributed by atoms with Crippen LogP contribution in [0.3, 0.4) is 0 Å². The molecule has 1 heterocycles. The van der Waals surface area contributed by atoms with Crippen LogP contribution in [-0.2, 0) is 23.1 Å². The van der Waals surface area contributed by atoms with Crippen molar-refractivity contribution in [1.82, 2.24) is 9.29 Å². The van der Waals surface area contributed by atoms with Crippen molar-refractivity contribution < 1.29 is 12.8 Å². The number of benzene rings is 3. The van der Waals surface area contributed by atoms with Crippen LogP contribution in [-0.4, -0.2) is 13.0 Å². The minimum atomic E-state index is -3.65. The van der Waals surface area contributed by atoms with Gasteiger partial charge in [-0.25, -0.2) is 17.5 Å².